The maximum atomic E-state index is 15.0. The second kappa shape index (κ2) is 8.81. The van der Waals surface area contributed by atoms with Gasteiger partial charge >= 0.3 is 12.2 Å². The highest BCUT2D eigenvalue weighted by Gasteiger charge is 2.34. The number of rotatable bonds is 5. The number of halogens is 1. The highest BCUT2D eigenvalue weighted by Crippen LogP contribution is 2.29. The van der Waals surface area contributed by atoms with Gasteiger partial charge in [-0.05, 0) is 30.2 Å². The van der Waals surface area contributed by atoms with Crippen LogP contribution in [0.3, 0.4) is 0 Å². The van der Waals surface area contributed by atoms with Gasteiger partial charge in [0, 0.05) is 26.2 Å². The molecule has 164 valence electrons. The van der Waals surface area contributed by atoms with E-state index in [9.17, 15) is 14.7 Å². The van der Waals surface area contributed by atoms with Crippen molar-refractivity contribution in [2.45, 2.75) is 18.6 Å². The minimum Gasteiger partial charge on any atom is -0.465 e. The molecule has 4 rings (SSSR count). The zero-order valence-electron chi connectivity index (χ0n) is 17.0. The van der Waals surface area contributed by atoms with Gasteiger partial charge in [-0.2, -0.15) is 0 Å². The third kappa shape index (κ3) is 4.41. The number of hydrogen-bond acceptors (Lipinski definition) is 5. The normalized spacial score (nSPS) is 21.4. The van der Waals surface area contributed by atoms with E-state index in [0.717, 1.165) is 5.56 Å². The van der Waals surface area contributed by atoms with Gasteiger partial charge in [0.25, 0.3) is 0 Å². The first-order chi connectivity index (χ1) is 15.0. The van der Waals surface area contributed by atoms with Crippen LogP contribution in [0.4, 0.5) is 25.4 Å². The van der Waals surface area contributed by atoms with Crippen LogP contribution in [0.1, 0.15) is 5.56 Å². The van der Waals surface area contributed by atoms with E-state index < -0.39 is 24.1 Å². The quantitative estimate of drug-likeness (QED) is 0.759. The average Bonchev–Trinajstić information content (AvgIpc) is 3.15. The molecule has 2 saturated heterocycles. The van der Waals surface area contributed by atoms with Gasteiger partial charge in [0.05, 0.1) is 24.0 Å². The monoisotopic (exact) mass is 428 g/mol. The van der Waals surface area contributed by atoms with Gasteiger partial charge in [-0.3, -0.25) is 4.90 Å². The summed E-state index contributed by atoms with van der Waals surface area (Å²) in [4.78, 5) is 28.4. The molecule has 3 N–H and O–H groups in total. The molecule has 0 aliphatic carbocycles. The molecule has 2 aromatic rings. The first-order valence-electron chi connectivity index (χ1n) is 10.2. The predicted octanol–water partition coefficient (Wildman–Crippen LogP) is 2.52. The molecular weight excluding hydrogens is 403 g/mol. The third-order valence-corrected chi connectivity index (χ3v) is 5.76. The lowest BCUT2D eigenvalue weighted by Gasteiger charge is -2.41. The van der Waals surface area contributed by atoms with Gasteiger partial charge in [-0.15, -0.1) is 0 Å². The SMILES string of the molecule is NCC1CN(c2ccc(N3CCN(C(=O)O)C(Cc4ccccc4)C3)c(F)c2)C(=O)O1. The number of benzene rings is 2. The molecule has 0 bridgehead atoms. The van der Waals surface area contributed by atoms with Crippen molar-refractivity contribution in [1.29, 1.82) is 0 Å². The zero-order valence-corrected chi connectivity index (χ0v) is 17.0. The summed E-state index contributed by atoms with van der Waals surface area (Å²) in [5.41, 5.74) is 7.38. The van der Waals surface area contributed by atoms with Crippen molar-refractivity contribution in [1.82, 2.24) is 4.90 Å². The summed E-state index contributed by atoms with van der Waals surface area (Å²) in [6.45, 7) is 1.53. The Hall–Kier alpha value is -3.33. The van der Waals surface area contributed by atoms with Crippen molar-refractivity contribution in [3.05, 3.63) is 59.9 Å². The highest BCUT2D eigenvalue weighted by atomic mass is 19.1. The molecule has 0 aromatic heterocycles. The Kier molecular flexibility index (Phi) is 5.94. The topological polar surface area (TPSA) is 99.3 Å². The van der Waals surface area contributed by atoms with E-state index >= 15 is 4.39 Å². The first-order valence-corrected chi connectivity index (χ1v) is 10.2. The fourth-order valence-corrected chi connectivity index (χ4v) is 4.16. The van der Waals surface area contributed by atoms with Crippen molar-refractivity contribution < 1.29 is 23.8 Å². The minimum atomic E-state index is -0.974. The van der Waals surface area contributed by atoms with Crippen LogP contribution in [0.15, 0.2) is 48.5 Å². The summed E-state index contributed by atoms with van der Waals surface area (Å²) in [7, 11) is 0. The Labute approximate surface area is 179 Å². The largest absolute Gasteiger partial charge is 0.465 e. The second-order valence-corrected chi connectivity index (χ2v) is 7.75. The van der Waals surface area contributed by atoms with Crippen LogP contribution in [0.5, 0.6) is 0 Å². The van der Waals surface area contributed by atoms with Crippen LogP contribution in [-0.4, -0.2) is 67.1 Å². The van der Waals surface area contributed by atoms with Crippen molar-refractivity contribution in [3.8, 4) is 0 Å². The van der Waals surface area contributed by atoms with Gasteiger partial charge in [-0.1, -0.05) is 30.3 Å². The van der Waals surface area contributed by atoms with Crippen LogP contribution in [0.2, 0.25) is 0 Å². The van der Waals surface area contributed by atoms with Gasteiger partial charge in [0.15, 0.2) is 0 Å². The molecule has 8 nitrogen and oxygen atoms in total. The number of cyclic esters (lactones) is 1. The van der Waals surface area contributed by atoms with E-state index in [1.807, 2.05) is 35.2 Å². The lowest BCUT2D eigenvalue weighted by atomic mass is 10.0. The maximum Gasteiger partial charge on any atom is 0.414 e. The van der Waals surface area contributed by atoms with Crippen LogP contribution in [0, 0.1) is 5.82 Å². The molecule has 31 heavy (non-hydrogen) atoms. The van der Waals surface area contributed by atoms with E-state index in [0.29, 0.717) is 30.9 Å². The number of hydrogen-bond donors (Lipinski definition) is 2. The number of nitrogens with zero attached hydrogens (tertiary/aromatic N) is 3. The van der Waals surface area contributed by atoms with Crippen LogP contribution in [-0.2, 0) is 11.2 Å². The summed E-state index contributed by atoms with van der Waals surface area (Å²) in [5, 5.41) is 9.60. The first kappa shape index (κ1) is 20.9. The summed E-state index contributed by atoms with van der Waals surface area (Å²) in [6, 6.07) is 14.0. The number of carboxylic acid groups (broad SMARTS) is 1. The number of piperazine rings is 1. The summed E-state index contributed by atoms with van der Waals surface area (Å²) in [6.07, 6.45) is -1.37. The standard InChI is InChI=1S/C22H25FN4O4/c23-19-11-16(27-14-18(12-24)31-22(27)30)6-7-20(19)25-8-9-26(21(28)29)17(13-25)10-15-4-2-1-3-5-15/h1-7,11,17-18H,8-10,12-14,24H2,(H,28,29). The highest BCUT2D eigenvalue weighted by molar-refractivity contribution is 5.90. The Morgan fingerprint density at radius 2 is 1.94 bits per heavy atom. The average molecular weight is 428 g/mol. The predicted molar refractivity (Wildman–Crippen MR) is 114 cm³/mol. The molecule has 0 spiro atoms. The van der Waals surface area contributed by atoms with Crippen molar-refractivity contribution in [2.75, 3.05) is 42.5 Å². The number of nitrogens with two attached hydrogens (primary N) is 1. The molecule has 0 radical (unpaired) electrons. The van der Waals surface area contributed by atoms with Crippen LogP contribution >= 0.6 is 0 Å². The Morgan fingerprint density at radius 3 is 2.58 bits per heavy atom. The molecule has 2 heterocycles. The van der Waals surface area contributed by atoms with Gasteiger partial charge < -0.3 is 25.4 Å². The summed E-state index contributed by atoms with van der Waals surface area (Å²) in [5.74, 6) is -0.469. The molecule has 2 fully saturated rings. The van der Waals surface area contributed by atoms with E-state index in [2.05, 4.69) is 0 Å². The Balaban J connectivity index is 1.52. The second-order valence-electron chi connectivity index (χ2n) is 7.75. The fourth-order valence-electron chi connectivity index (χ4n) is 4.16. The smallest absolute Gasteiger partial charge is 0.414 e. The molecule has 2 aliphatic heterocycles. The minimum absolute atomic E-state index is 0.208. The lowest BCUT2D eigenvalue weighted by molar-refractivity contribution is 0.117. The molecule has 2 amide bonds. The number of carbonyl (C=O) groups excluding carboxylic acids is 1. The van der Waals surface area contributed by atoms with Gasteiger partial charge in [0.1, 0.15) is 11.9 Å². The molecule has 2 aliphatic rings. The third-order valence-electron chi connectivity index (χ3n) is 5.76. The van der Waals surface area contributed by atoms with E-state index in [-0.39, 0.29) is 25.7 Å². The Morgan fingerprint density at radius 1 is 1.16 bits per heavy atom. The number of carbonyl (C=O) groups is 2. The van der Waals surface area contributed by atoms with Crippen LogP contribution < -0.4 is 15.5 Å². The summed E-state index contributed by atoms with van der Waals surface area (Å²) >= 11 is 0. The molecule has 2 atom stereocenters. The van der Waals surface area contributed by atoms with E-state index in [1.165, 1.54) is 15.9 Å². The van der Waals surface area contributed by atoms with Crippen molar-refractivity contribution in [3.63, 3.8) is 0 Å². The fraction of sp³-hybridized carbons (Fsp3) is 0.364. The number of amides is 2. The molecule has 9 heteroatoms. The maximum absolute atomic E-state index is 15.0. The van der Waals surface area contributed by atoms with Crippen molar-refractivity contribution in [2.24, 2.45) is 5.73 Å². The lowest BCUT2D eigenvalue weighted by Crippen LogP contribution is -2.56. The van der Waals surface area contributed by atoms with Crippen LogP contribution in [0.25, 0.3) is 0 Å². The summed E-state index contributed by atoms with van der Waals surface area (Å²) < 4.78 is 20.2. The molecular formula is C22H25FN4O4. The molecule has 2 aromatic carbocycles. The number of ether oxygens (including phenoxy) is 1. The van der Waals surface area contributed by atoms with Gasteiger partial charge in [0.2, 0.25) is 0 Å². The Bertz CT molecular complexity index is 958. The zero-order chi connectivity index (χ0) is 22.0. The van der Waals surface area contributed by atoms with E-state index in [1.54, 1.807) is 12.1 Å². The number of anilines is 2. The van der Waals surface area contributed by atoms with E-state index in [4.69, 9.17) is 10.5 Å². The molecule has 2 unspecified atom stereocenters. The van der Waals surface area contributed by atoms with Gasteiger partial charge in [-0.25, -0.2) is 14.0 Å². The molecule has 0 saturated carbocycles. The van der Waals surface area contributed by atoms with Crippen molar-refractivity contribution >= 4 is 23.6 Å².